The van der Waals surface area contributed by atoms with E-state index < -0.39 is 5.97 Å². The molecule has 0 saturated heterocycles. The van der Waals surface area contributed by atoms with E-state index in [-0.39, 0.29) is 35.9 Å². The third kappa shape index (κ3) is 5.78. The van der Waals surface area contributed by atoms with Crippen LogP contribution in [0.4, 0.5) is 5.69 Å². The molecule has 1 heterocycles. The minimum atomic E-state index is -1.10. The van der Waals surface area contributed by atoms with Crippen LogP contribution in [0.2, 0.25) is 0 Å². The summed E-state index contributed by atoms with van der Waals surface area (Å²) in [6, 6.07) is 5.56. The van der Waals surface area contributed by atoms with Crippen LogP contribution in [0.5, 0.6) is 5.75 Å². The highest BCUT2D eigenvalue weighted by atomic mass is 16.5. The summed E-state index contributed by atoms with van der Waals surface area (Å²) < 4.78 is 11.9. The highest BCUT2D eigenvalue weighted by molar-refractivity contribution is 6.06. The first-order valence-electron chi connectivity index (χ1n) is 12.4. The maximum Gasteiger partial charge on any atom is 0.339 e. The van der Waals surface area contributed by atoms with E-state index >= 15 is 0 Å². The normalized spacial score (nSPS) is 21.3. The van der Waals surface area contributed by atoms with Gasteiger partial charge in [0.1, 0.15) is 17.9 Å². The minimum absolute atomic E-state index is 0.0145. The molecule has 1 aromatic heterocycles. The molecular weight excluding hydrogens is 434 g/mol. The Morgan fingerprint density at radius 3 is 2.56 bits per heavy atom. The van der Waals surface area contributed by atoms with Crippen molar-refractivity contribution in [3.63, 3.8) is 0 Å². The fourth-order valence-corrected chi connectivity index (χ4v) is 5.25. The molecule has 2 aromatic rings. The summed E-state index contributed by atoms with van der Waals surface area (Å²) in [7, 11) is 0. The zero-order valence-electron chi connectivity index (χ0n) is 19.8. The number of nitrogens with zero attached hydrogens (tertiary/aromatic N) is 1. The summed E-state index contributed by atoms with van der Waals surface area (Å²) in [5.41, 5.74) is 7.43. The standard InChI is InChI=1S/C26H35N3O5/c1-16-23(26(31)32)25(27)24-20(28-16)8-5-9-21(24)34-19-12-10-18(11-13-19)29-22(30)15-33-14-17-6-3-2-4-7-17/h5,8-9,17-19H,2-4,6-7,10-15H2,1H3,(H2,27,28)(H,29,30)(H,31,32). The lowest BCUT2D eigenvalue weighted by Crippen LogP contribution is -2.41. The number of aryl methyl sites for hydroxylation is 1. The van der Waals surface area contributed by atoms with Gasteiger partial charge in [0.05, 0.1) is 35.0 Å². The summed E-state index contributed by atoms with van der Waals surface area (Å²) in [5, 5.41) is 13.2. The summed E-state index contributed by atoms with van der Waals surface area (Å²) in [6.07, 6.45) is 9.45. The molecule has 0 aliphatic heterocycles. The zero-order chi connectivity index (χ0) is 24.1. The van der Waals surface area contributed by atoms with Crippen LogP contribution >= 0.6 is 0 Å². The number of ether oxygens (including phenoxy) is 2. The molecule has 8 heteroatoms. The van der Waals surface area contributed by atoms with E-state index in [1.807, 2.05) is 6.07 Å². The number of anilines is 1. The summed E-state index contributed by atoms with van der Waals surface area (Å²) in [6.45, 7) is 2.45. The van der Waals surface area contributed by atoms with Gasteiger partial charge in [0.25, 0.3) is 0 Å². The second kappa shape index (κ2) is 11.0. The lowest BCUT2D eigenvalue weighted by molar-refractivity contribution is -0.127. The van der Waals surface area contributed by atoms with Gasteiger partial charge in [-0.1, -0.05) is 25.3 Å². The molecule has 34 heavy (non-hydrogen) atoms. The number of aromatic carboxylic acids is 1. The van der Waals surface area contributed by atoms with E-state index in [4.69, 9.17) is 15.2 Å². The van der Waals surface area contributed by atoms with Crippen molar-refractivity contribution in [3.8, 4) is 5.75 Å². The van der Waals surface area contributed by atoms with Crippen molar-refractivity contribution in [1.82, 2.24) is 10.3 Å². The number of nitrogen functional groups attached to an aromatic ring is 1. The molecule has 0 spiro atoms. The molecule has 1 aromatic carbocycles. The Labute approximate surface area is 200 Å². The maximum absolute atomic E-state index is 12.3. The Bertz CT molecular complexity index is 1030. The second-order valence-corrected chi connectivity index (χ2v) is 9.62. The van der Waals surface area contributed by atoms with Gasteiger partial charge in [-0.2, -0.15) is 0 Å². The van der Waals surface area contributed by atoms with E-state index in [1.165, 1.54) is 32.1 Å². The van der Waals surface area contributed by atoms with Gasteiger partial charge >= 0.3 is 5.97 Å². The van der Waals surface area contributed by atoms with Crippen LogP contribution in [0, 0.1) is 12.8 Å². The van der Waals surface area contributed by atoms with Crippen LogP contribution in [0.1, 0.15) is 73.8 Å². The Balaban J connectivity index is 1.29. The van der Waals surface area contributed by atoms with Gasteiger partial charge in [0, 0.05) is 6.04 Å². The summed E-state index contributed by atoms with van der Waals surface area (Å²) >= 11 is 0. The monoisotopic (exact) mass is 469 g/mol. The molecule has 0 radical (unpaired) electrons. The molecule has 2 aliphatic rings. The van der Waals surface area contributed by atoms with Gasteiger partial charge in [-0.15, -0.1) is 0 Å². The number of nitrogens with two attached hydrogens (primary N) is 1. The number of carboxylic acid groups (broad SMARTS) is 1. The van der Waals surface area contributed by atoms with Gasteiger partial charge < -0.3 is 25.6 Å². The lowest BCUT2D eigenvalue weighted by atomic mass is 9.90. The molecule has 0 bridgehead atoms. The van der Waals surface area contributed by atoms with E-state index in [9.17, 15) is 14.7 Å². The number of benzene rings is 1. The number of carboxylic acids is 1. The molecule has 1 amide bonds. The molecule has 184 valence electrons. The molecule has 4 N–H and O–H groups in total. The largest absolute Gasteiger partial charge is 0.490 e. The summed E-state index contributed by atoms with van der Waals surface area (Å²) in [4.78, 5) is 28.4. The molecule has 8 nitrogen and oxygen atoms in total. The Hall–Kier alpha value is -2.87. The fraction of sp³-hybridized carbons (Fsp3) is 0.577. The van der Waals surface area contributed by atoms with E-state index in [0.29, 0.717) is 34.9 Å². The number of nitrogens with one attached hydrogen (secondary N) is 1. The van der Waals surface area contributed by atoms with Crippen molar-refractivity contribution in [2.24, 2.45) is 5.92 Å². The average molecular weight is 470 g/mol. The quantitative estimate of drug-likeness (QED) is 0.528. The first kappa shape index (κ1) is 24.3. The molecule has 2 saturated carbocycles. The van der Waals surface area contributed by atoms with Crippen molar-refractivity contribution < 1.29 is 24.2 Å². The number of rotatable bonds is 8. The van der Waals surface area contributed by atoms with E-state index in [2.05, 4.69) is 10.3 Å². The van der Waals surface area contributed by atoms with Gasteiger partial charge in [0.2, 0.25) is 5.91 Å². The topological polar surface area (TPSA) is 124 Å². The number of carbonyl (C=O) groups excluding carboxylic acids is 1. The lowest BCUT2D eigenvalue weighted by Gasteiger charge is -2.30. The fourth-order valence-electron chi connectivity index (χ4n) is 5.25. The molecule has 0 unspecified atom stereocenters. The van der Waals surface area contributed by atoms with Crippen LogP contribution in [0.25, 0.3) is 10.9 Å². The third-order valence-electron chi connectivity index (χ3n) is 7.05. The highest BCUT2D eigenvalue weighted by Gasteiger charge is 2.26. The van der Waals surface area contributed by atoms with E-state index in [0.717, 1.165) is 25.7 Å². The summed E-state index contributed by atoms with van der Waals surface area (Å²) in [5.74, 6) is -0.000597. The Morgan fingerprint density at radius 2 is 1.85 bits per heavy atom. The predicted octanol–water partition coefficient (Wildman–Crippen LogP) is 4.23. The Morgan fingerprint density at radius 1 is 1.12 bits per heavy atom. The van der Waals surface area contributed by atoms with Crippen molar-refractivity contribution in [1.29, 1.82) is 0 Å². The number of amides is 1. The van der Waals surface area contributed by atoms with E-state index in [1.54, 1.807) is 19.1 Å². The van der Waals surface area contributed by atoms with Crippen molar-refractivity contribution in [3.05, 3.63) is 29.5 Å². The van der Waals surface area contributed by atoms with Crippen molar-refractivity contribution in [2.45, 2.75) is 76.9 Å². The number of hydrogen-bond acceptors (Lipinski definition) is 6. The van der Waals surface area contributed by atoms with Gasteiger partial charge in [-0.3, -0.25) is 9.78 Å². The van der Waals surface area contributed by atoms with Crippen LogP contribution in [0.15, 0.2) is 18.2 Å². The molecule has 4 rings (SSSR count). The van der Waals surface area contributed by atoms with Crippen LogP contribution < -0.4 is 15.8 Å². The SMILES string of the molecule is Cc1nc2cccc(OC3CCC(NC(=O)COCC4CCCCC4)CC3)c2c(N)c1C(=O)O. The smallest absolute Gasteiger partial charge is 0.339 e. The third-order valence-corrected chi connectivity index (χ3v) is 7.05. The van der Waals surface area contributed by atoms with Crippen molar-refractivity contribution in [2.75, 3.05) is 18.9 Å². The second-order valence-electron chi connectivity index (χ2n) is 9.62. The molecule has 2 fully saturated rings. The van der Waals surface area contributed by atoms with Gasteiger partial charge in [0.15, 0.2) is 0 Å². The minimum Gasteiger partial charge on any atom is -0.490 e. The zero-order valence-corrected chi connectivity index (χ0v) is 19.8. The molecule has 0 atom stereocenters. The first-order chi connectivity index (χ1) is 16.4. The number of pyridine rings is 1. The molecular formula is C26H35N3O5. The number of carbonyl (C=O) groups is 2. The predicted molar refractivity (Wildman–Crippen MR) is 130 cm³/mol. The highest BCUT2D eigenvalue weighted by Crippen LogP contribution is 2.35. The van der Waals surface area contributed by atoms with Crippen LogP contribution in [-0.2, 0) is 9.53 Å². The number of fused-ring (bicyclic) bond motifs is 1. The van der Waals surface area contributed by atoms with Crippen LogP contribution in [-0.4, -0.2) is 47.3 Å². The Kier molecular flexibility index (Phi) is 7.88. The van der Waals surface area contributed by atoms with Crippen molar-refractivity contribution >= 4 is 28.5 Å². The van der Waals surface area contributed by atoms with Gasteiger partial charge in [-0.05, 0) is 63.5 Å². The van der Waals surface area contributed by atoms with Crippen LogP contribution in [0.3, 0.4) is 0 Å². The first-order valence-corrected chi connectivity index (χ1v) is 12.4. The maximum atomic E-state index is 12.3. The molecule has 2 aliphatic carbocycles. The number of aromatic nitrogens is 1. The number of hydrogen-bond donors (Lipinski definition) is 3. The average Bonchev–Trinajstić information content (AvgIpc) is 2.80. The van der Waals surface area contributed by atoms with Gasteiger partial charge in [-0.25, -0.2) is 4.79 Å².